The van der Waals surface area contributed by atoms with Gasteiger partial charge >= 0.3 is 0 Å². The molecule has 1 N–H and O–H groups in total. The van der Waals surface area contributed by atoms with E-state index in [0.29, 0.717) is 30.6 Å². The van der Waals surface area contributed by atoms with Crippen LogP contribution in [-0.2, 0) is 13.6 Å². The summed E-state index contributed by atoms with van der Waals surface area (Å²) in [6.45, 7) is 2.93. The van der Waals surface area contributed by atoms with Crippen LogP contribution in [0.25, 0.3) is 0 Å². The van der Waals surface area contributed by atoms with Crippen molar-refractivity contribution in [2.45, 2.75) is 25.8 Å². The lowest BCUT2D eigenvalue weighted by Crippen LogP contribution is -2.24. The Morgan fingerprint density at radius 3 is 2.93 bits per heavy atom. The number of anilines is 1. The van der Waals surface area contributed by atoms with Crippen molar-refractivity contribution in [1.29, 1.82) is 0 Å². The van der Waals surface area contributed by atoms with Crippen LogP contribution in [0.3, 0.4) is 0 Å². The van der Waals surface area contributed by atoms with E-state index in [-0.39, 0.29) is 17.3 Å². The van der Waals surface area contributed by atoms with Crippen molar-refractivity contribution >= 4 is 17.0 Å². The first-order valence-corrected chi connectivity index (χ1v) is 9.79. The fourth-order valence-corrected chi connectivity index (χ4v) is 3.75. The highest BCUT2D eigenvalue weighted by Crippen LogP contribution is 2.46. The molecule has 1 unspecified atom stereocenters. The Bertz CT molecular complexity index is 1030. The number of thiazole rings is 1. The number of ether oxygens (including phenoxy) is 1. The van der Waals surface area contributed by atoms with Crippen LogP contribution in [0.5, 0.6) is 5.88 Å². The zero-order valence-corrected chi connectivity index (χ0v) is 16.4. The minimum Gasteiger partial charge on any atom is -0.476 e. The van der Waals surface area contributed by atoms with Crippen LogP contribution in [0.15, 0.2) is 35.4 Å². The lowest BCUT2D eigenvalue weighted by Gasteiger charge is -2.10. The Kier molecular flexibility index (Phi) is 5.08. The Hall–Kier alpha value is -2.81. The summed E-state index contributed by atoms with van der Waals surface area (Å²) in [4.78, 5) is 21.8. The standard InChI is InChI=1S/C19H20FN5O2S/c1-11-7-23-18(28-11)9-22-16-6-17(24-25(2)19(16)26)27-10-12-5-14(12)15-4-3-13(20)8-21-15/h3-4,6-8,12,14,22H,5,9-10H2,1-2H3/t12?,14-/m1/s1. The molecule has 3 heterocycles. The van der Waals surface area contributed by atoms with Gasteiger partial charge in [-0.15, -0.1) is 16.4 Å². The third kappa shape index (κ3) is 4.19. The van der Waals surface area contributed by atoms with Crippen molar-refractivity contribution in [1.82, 2.24) is 19.7 Å². The second-order valence-electron chi connectivity index (χ2n) is 6.86. The molecule has 0 amide bonds. The molecule has 1 fully saturated rings. The normalized spacial score (nSPS) is 18.1. The highest BCUT2D eigenvalue weighted by atomic mass is 32.1. The van der Waals surface area contributed by atoms with E-state index in [1.54, 1.807) is 30.5 Å². The summed E-state index contributed by atoms with van der Waals surface area (Å²) >= 11 is 1.58. The van der Waals surface area contributed by atoms with Crippen LogP contribution in [0, 0.1) is 18.7 Å². The number of nitrogens with one attached hydrogen (secondary N) is 1. The van der Waals surface area contributed by atoms with Crippen LogP contribution < -0.4 is 15.6 Å². The molecule has 3 aromatic heterocycles. The van der Waals surface area contributed by atoms with Crippen LogP contribution in [0.1, 0.15) is 27.9 Å². The van der Waals surface area contributed by atoms with E-state index in [4.69, 9.17) is 4.74 Å². The number of hydrogen-bond acceptors (Lipinski definition) is 7. The molecule has 1 aliphatic rings. The first-order valence-electron chi connectivity index (χ1n) is 8.97. The molecule has 0 spiro atoms. The second kappa shape index (κ2) is 7.67. The maximum absolute atomic E-state index is 13.0. The van der Waals surface area contributed by atoms with Gasteiger partial charge in [0, 0.05) is 41.7 Å². The third-order valence-electron chi connectivity index (χ3n) is 4.64. The topological polar surface area (TPSA) is 81.9 Å². The van der Waals surface area contributed by atoms with Crippen molar-refractivity contribution in [2.24, 2.45) is 13.0 Å². The lowest BCUT2D eigenvalue weighted by atomic mass is 10.2. The fraction of sp³-hybridized carbons (Fsp3) is 0.368. The van der Waals surface area contributed by atoms with Crippen LogP contribution in [-0.4, -0.2) is 26.4 Å². The highest BCUT2D eigenvalue weighted by Gasteiger charge is 2.40. The van der Waals surface area contributed by atoms with Crippen molar-refractivity contribution in [2.75, 3.05) is 11.9 Å². The predicted octanol–water partition coefficient (Wildman–Crippen LogP) is 2.87. The van der Waals surface area contributed by atoms with Gasteiger partial charge in [-0.1, -0.05) is 0 Å². The van der Waals surface area contributed by atoms with E-state index in [1.807, 2.05) is 13.1 Å². The molecule has 3 aromatic rings. The number of rotatable bonds is 7. The van der Waals surface area contributed by atoms with Crippen LogP contribution in [0.2, 0.25) is 0 Å². The molecule has 0 saturated heterocycles. The minimum absolute atomic E-state index is 0.222. The Morgan fingerprint density at radius 2 is 2.21 bits per heavy atom. The predicted molar refractivity (Wildman–Crippen MR) is 104 cm³/mol. The summed E-state index contributed by atoms with van der Waals surface area (Å²) < 4.78 is 20.1. The van der Waals surface area contributed by atoms with Crippen LogP contribution >= 0.6 is 11.3 Å². The number of nitrogens with zero attached hydrogens (tertiary/aromatic N) is 4. The van der Waals surface area contributed by atoms with E-state index in [1.165, 1.54) is 16.9 Å². The van der Waals surface area contributed by atoms with Gasteiger partial charge in [0.1, 0.15) is 16.5 Å². The van der Waals surface area contributed by atoms with E-state index in [0.717, 1.165) is 22.0 Å². The SMILES string of the molecule is Cc1cnc(CNc2cc(OCC3C[C@H]3c3ccc(F)cn3)nn(C)c2=O)s1. The average Bonchev–Trinajstić information content (AvgIpc) is 3.34. The van der Waals surface area contributed by atoms with Crippen molar-refractivity contribution < 1.29 is 9.13 Å². The fourth-order valence-electron chi connectivity index (χ4n) is 3.03. The van der Waals surface area contributed by atoms with Gasteiger partial charge in [0.05, 0.1) is 19.3 Å². The van der Waals surface area contributed by atoms with Gasteiger partial charge in [-0.2, -0.15) is 0 Å². The molecule has 2 atom stereocenters. The van der Waals surface area contributed by atoms with Gasteiger partial charge in [0.15, 0.2) is 0 Å². The monoisotopic (exact) mass is 401 g/mol. The molecule has 9 heteroatoms. The van der Waals surface area contributed by atoms with Gasteiger partial charge in [-0.05, 0) is 25.5 Å². The maximum atomic E-state index is 13.0. The number of hydrogen-bond donors (Lipinski definition) is 1. The zero-order valence-electron chi connectivity index (χ0n) is 15.6. The molecule has 1 aliphatic carbocycles. The number of pyridine rings is 1. The molecule has 146 valence electrons. The third-order valence-corrected chi connectivity index (χ3v) is 5.55. The zero-order chi connectivity index (χ0) is 19.7. The number of aromatic nitrogens is 4. The van der Waals surface area contributed by atoms with Gasteiger partial charge in [-0.3, -0.25) is 9.78 Å². The smallest absolute Gasteiger partial charge is 0.290 e. The molecule has 0 bridgehead atoms. The first kappa shape index (κ1) is 18.5. The molecule has 4 rings (SSSR count). The highest BCUT2D eigenvalue weighted by molar-refractivity contribution is 7.11. The summed E-state index contributed by atoms with van der Waals surface area (Å²) in [5, 5.41) is 8.19. The summed E-state index contributed by atoms with van der Waals surface area (Å²) in [6.07, 6.45) is 3.99. The average molecular weight is 401 g/mol. The minimum atomic E-state index is -0.334. The Morgan fingerprint density at radius 1 is 1.36 bits per heavy atom. The van der Waals surface area contributed by atoms with Gasteiger partial charge in [-0.25, -0.2) is 14.1 Å². The molecule has 0 aliphatic heterocycles. The summed E-state index contributed by atoms with van der Waals surface area (Å²) in [5.41, 5.74) is 1.08. The Balaban J connectivity index is 1.37. The largest absolute Gasteiger partial charge is 0.476 e. The van der Waals surface area contributed by atoms with E-state index in [2.05, 4.69) is 20.4 Å². The molecule has 7 nitrogen and oxygen atoms in total. The van der Waals surface area contributed by atoms with E-state index >= 15 is 0 Å². The van der Waals surface area contributed by atoms with Crippen LogP contribution in [0.4, 0.5) is 10.1 Å². The molecule has 28 heavy (non-hydrogen) atoms. The summed E-state index contributed by atoms with van der Waals surface area (Å²) in [5.74, 6) is 0.641. The molecular weight excluding hydrogens is 381 g/mol. The lowest BCUT2D eigenvalue weighted by molar-refractivity contribution is 0.278. The quantitative estimate of drug-likeness (QED) is 0.656. The van der Waals surface area contributed by atoms with E-state index < -0.39 is 0 Å². The second-order valence-corrected chi connectivity index (χ2v) is 8.18. The van der Waals surface area contributed by atoms with Gasteiger partial charge in [0.2, 0.25) is 5.88 Å². The van der Waals surface area contributed by atoms with Crippen molar-refractivity contribution in [3.8, 4) is 5.88 Å². The Labute approximate surface area is 165 Å². The van der Waals surface area contributed by atoms with Gasteiger partial charge in [0.25, 0.3) is 5.56 Å². The summed E-state index contributed by atoms with van der Waals surface area (Å²) in [6, 6.07) is 4.76. The van der Waals surface area contributed by atoms with E-state index in [9.17, 15) is 9.18 Å². The number of halogens is 1. The van der Waals surface area contributed by atoms with Crippen molar-refractivity contribution in [3.63, 3.8) is 0 Å². The van der Waals surface area contributed by atoms with Crippen molar-refractivity contribution in [3.05, 3.63) is 62.3 Å². The maximum Gasteiger partial charge on any atom is 0.290 e. The molecular formula is C19H20FN5O2S. The first-order chi connectivity index (χ1) is 13.5. The van der Waals surface area contributed by atoms with Gasteiger partial charge < -0.3 is 10.1 Å². The number of aryl methyl sites for hydroxylation is 2. The summed E-state index contributed by atoms with van der Waals surface area (Å²) in [7, 11) is 1.59. The molecule has 1 saturated carbocycles. The molecule has 0 aromatic carbocycles. The molecule has 0 radical (unpaired) electrons.